The summed E-state index contributed by atoms with van der Waals surface area (Å²) < 4.78 is 0. The second kappa shape index (κ2) is 10.5. The summed E-state index contributed by atoms with van der Waals surface area (Å²) in [5.41, 5.74) is 3.08. The minimum absolute atomic E-state index is 0.203. The van der Waals surface area contributed by atoms with Crippen molar-refractivity contribution in [2.75, 3.05) is 6.54 Å². The zero-order valence-electron chi connectivity index (χ0n) is 13.5. The highest BCUT2D eigenvalue weighted by Gasteiger charge is 2.12. The van der Waals surface area contributed by atoms with Crippen LogP contribution in [0.4, 0.5) is 0 Å². The molecular formula is C17H23N3O2S. The number of hydrogen-bond donors (Lipinski definition) is 3. The van der Waals surface area contributed by atoms with E-state index in [4.69, 9.17) is 5.84 Å². The molecule has 0 aliphatic carbocycles. The van der Waals surface area contributed by atoms with E-state index in [0.29, 0.717) is 16.3 Å². The molecule has 0 atom stereocenters. The van der Waals surface area contributed by atoms with E-state index >= 15 is 0 Å². The lowest BCUT2D eigenvalue weighted by Crippen LogP contribution is -2.29. The van der Waals surface area contributed by atoms with E-state index in [1.54, 1.807) is 12.1 Å². The zero-order valence-corrected chi connectivity index (χ0v) is 14.3. The fourth-order valence-electron chi connectivity index (χ4n) is 1.64. The topological polar surface area (TPSA) is 84.2 Å². The Morgan fingerprint density at radius 3 is 2.52 bits per heavy atom. The second-order valence-corrected chi connectivity index (χ2v) is 6.02. The first-order valence-electron chi connectivity index (χ1n) is 7.46. The van der Waals surface area contributed by atoms with Crippen LogP contribution in [-0.2, 0) is 0 Å². The first-order chi connectivity index (χ1) is 11.1. The summed E-state index contributed by atoms with van der Waals surface area (Å²) in [5, 5.41) is 2.82. The van der Waals surface area contributed by atoms with Gasteiger partial charge in [0, 0.05) is 6.54 Å². The number of carbonyl (C=O) groups excluding carboxylic acids is 2. The van der Waals surface area contributed by atoms with Crippen LogP contribution in [0, 0.1) is 0 Å². The molecule has 0 bridgehead atoms. The SMILES string of the molecule is CCC\C=C/C=C\C=C(/C)CNC(=O)c1ccc(C(=O)NN)s1. The van der Waals surface area contributed by atoms with Gasteiger partial charge in [0.05, 0.1) is 9.75 Å². The van der Waals surface area contributed by atoms with E-state index in [1.165, 1.54) is 0 Å². The number of amides is 2. The molecule has 0 spiro atoms. The lowest BCUT2D eigenvalue weighted by atomic mass is 10.2. The normalized spacial score (nSPS) is 12.0. The summed E-state index contributed by atoms with van der Waals surface area (Å²) in [5.74, 6) is 4.46. The molecule has 124 valence electrons. The summed E-state index contributed by atoms with van der Waals surface area (Å²) in [4.78, 5) is 24.2. The number of allylic oxidation sites excluding steroid dienone is 5. The van der Waals surface area contributed by atoms with E-state index < -0.39 is 5.91 Å². The van der Waals surface area contributed by atoms with Crippen LogP contribution in [0.5, 0.6) is 0 Å². The number of nitrogens with two attached hydrogens (primary N) is 1. The number of thiophene rings is 1. The predicted molar refractivity (Wildman–Crippen MR) is 95.3 cm³/mol. The maximum absolute atomic E-state index is 12.0. The number of nitrogens with one attached hydrogen (secondary N) is 2. The average Bonchev–Trinajstić information content (AvgIpc) is 3.05. The van der Waals surface area contributed by atoms with Crippen molar-refractivity contribution < 1.29 is 9.59 Å². The summed E-state index contributed by atoms with van der Waals surface area (Å²) in [6, 6.07) is 3.19. The van der Waals surface area contributed by atoms with E-state index in [-0.39, 0.29) is 5.91 Å². The summed E-state index contributed by atoms with van der Waals surface area (Å²) in [7, 11) is 0. The summed E-state index contributed by atoms with van der Waals surface area (Å²) in [6.07, 6.45) is 12.2. The van der Waals surface area contributed by atoms with Crippen molar-refractivity contribution in [1.82, 2.24) is 10.7 Å². The molecule has 1 rings (SSSR count). The third-order valence-electron chi connectivity index (χ3n) is 2.91. The van der Waals surface area contributed by atoms with Crippen LogP contribution in [0.3, 0.4) is 0 Å². The summed E-state index contributed by atoms with van der Waals surface area (Å²) >= 11 is 1.11. The fraction of sp³-hybridized carbons (Fsp3) is 0.294. The van der Waals surface area contributed by atoms with E-state index in [1.807, 2.05) is 36.7 Å². The van der Waals surface area contributed by atoms with Crippen LogP contribution in [-0.4, -0.2) is 18.4 Å². The van der Waals surface area contributed by atoms with Gasteiger partial charge in [-0.3, -0.25) is 15.0 Å². The van der Waals surface area contributed by atoms with Crippen LogP contribution < -0.4 is 16.6 Å². The van der Waals surface area contributed by atoms with Crippen molar-refractivity contribution in [3.63, 3.8) is 0 Å². The summed E-state index contributed by atoms with van der Waals surface area (Å²) in [6.45, 7) is 4.54. The third-order valence-corrected chi connectivity index (χ3v) is 3.99. The molecule has 4 N–H and O–H groups in total. The van der Waals surface area contributed by atoms with Crippen molar-refractivity contribution in [3.8, 4) is 0 Å². The number of hydrogen-bond acceptors (Lipinski definition) is 4. The van der Waals surface area contributed by atoms with Crippen molar-refractivity contribution >= 4 is 23.2 Å². The maximum Gasteiger partial charge on any atom is 0.275 e. The Hall–Kier alpha value is -2.18. The molecule has 0 radical (unpaired) electrons. The predicted octanol–water partition coefficient (Wildman–Crippen LogP) is 2.94. The van der Waals surface area contributed by atoms with Crippen molar-refractivity contribution in [2.45, 2.75) is 26.7 Å². The first-order valence-corrected chi connectivity index (χ1v) is 8.28. The molecule has 1 aromatic heterocycles. The molecule has 6 heteroatoms. The molecule has 0 aliphatic heterocycles. The van der Waals surface area contributed by atoms with Gasteiger partial charge in [0.1, 0.15) is 0 Å². The quantitative estimate of drug-likeness (QED) is 0.296. The van der Waals surface area contributed by atoms with Gasteiger partial charge in [-0.05, 0) is 25.5 Å². The van der Waals surface area contributed by atoms with Gasteiger partial charge in [-0.2, -0.15) is 0 Å². The number of hydrazine groups is 1. The Morgan fingerprint density at radius 1 is 1.17 bits per heavy atom. The maximum atomic E-state index is 12.0. The Kier molecular flexibility index (Phi) is 8.64. The monoisotopic (exact) mass is 333 g/mol. The number of unbranched alkanes of at least 4 members (excludes halogenated alkanes) is 1. The average molecular weight is 333 g/mol. The van der Waals surface area contributed by atoms with Crippen LogP contribution in [0.2, 0.25) is 0 Å². The molecule has 0 saturated carbocycles. The largest absolute Gasteiger partial charge is 0.348 e. The molecule has 0 saturated heterocycles. The Morgan fingerprint density at radius 2 is 1.87 bits per heavy atom. The standard InChI is InChI=1S/C17H23N3O2S/c1-3-4-5-6-7-8-9-13(2)12-19-16(21)14-10-11-15(23-14)17(22)20-18/h5-11H,3-4,12,18H2,1-2H3,(H,19,21)(H,20,22)/b6-5-,8-7-,13-9+. The lowest BCUT2D eigenvalue weighted by Gasteiger charge is -2.03. The molecule has 2 amide bonds. The van der Waals surface area contributed by atoms with Crippen LogP contribution in [0.15, 0.2) is 48.1 Å². The van der Waals surface area contributed by atoms with Gasteiger partial charge in [0.25, 0.3) is 11.8 Å². The smallest absolute Gasteiger partial charge is 0.275 e. The van der Waals surface area contributed by atoms with E-state index in [2.05, 4.69) is 18.3 Å². The van der Waals surface area contributed by atoms with Crippen LogP contribution in [0.25, 0.3) is 0 Å². The zero-order chi connectivity index (χ0) is 17.1. The van der Waals surface area contributed by atoms with Crippen LogP contribution >= 0.6 is 11.3 Å². The Bertz CT molecular complexity index is 615. The highest BCUT2D eigenvalue weighted by Crippen LogP contribution is 2.16. The van der Waals surface area contributed by atoms with Gasteiger partial charge >= 0.3 is 0 Å². The molecule has 0 fully saturated rings. The van der Waals surface area contributed by atoms with Gasteiger partial charge in [-0.25, -0.2) is 5.84 Å². The molecule has 5 nitrogen and oxygen atoms in total. The van der Waals surface area contributed by atoms with E-state index in [9.17, 15) is 9.59 Å². The molecular weight excluding hydrogens is 310 g/mol. The lowest BCUT2D eigenvalue weighted by molar-refractivity contribution is 0.0952. The van der Waals surface area contributed by atoms with Crippen molar-refractivity contribution in [2.24, 2.45) is 5.84 Å². The molecule has 0 unspecified atom stereocenters. The molecule has 1 heterocycles. The Labute approximate surface area is 140 Å². The number of nitrogen functional groups attached to an aromatic ring is 1. The minimum Gasteiger partial charge on any atom is -0.348 e. The highest BCUT2D eigenvalue weighted by molar-refractivity contribution is 7.15. The number of rotatable bonds is 8. The molecule has 0 aliphatic rings. The molecule has 1 aromatic rings. The fourth-order valence-corrected chi connectivity index (χ4v) is 2.47. The van der Waals surface area contributed by atoms with Gasteiger partial charge in [0.2, 0.25) is 0 Å². The van der Waals surface area contributed by atoms with Gasteiger partial charge in [0.15, 0.2) is 0 Å². The van der Waals surface area contributed by atoms with Crippen molar-refractivity contribution in [3.05, 3.63) is 57.8 Å². The van der Waals surface area contributed by atoms with Crippen molar-refractivity contribution in [1.29, 1.82) is 0 Å². The molecule has 23 heavy (non-hydrogen) atoms. The molecule has 0 aromatic carbocycles. The van der Waals surface area contributed by atoms with Gasteiger partial charge < -0.3 is 5.32 Å². The van der Waals surface area contributed by atoms with Gasteiger partial charge in [-0.1, -0.05) is 49.3 Å². The highest BCUT2D eigenvalue weighted by atomic mass is 32.1. The third kappa shape index (κ3) is 7.08. The van der Waals surface area contributed by atoms with Crippen LogP contribution in [0.1, 0.15) is 46.0 Å². The first kappa shape index (κ1) is 18.9. The number of carbonyl (C=O) groups is 2. The Balaban J connectivity index is 2.46. The van der Waals surface area contributed by atoms with E-state index in [0.717, 1.165) is 29.8 Å². The second-order valence-electron chi connectivity index (χ2n) is 4.93. The minimum atomic E-state index is -0.397. The van der Waals surface area contributed by atoms with Gasteiger partial charge in [-0.15, -0.1) is 11.3 Å².